The maximum atomic E-state index is 12.5. The molecular weight excluding hydrogens is 294 g/mol. The van der Waals surface area contributed by atoms with Gasteiger partial charge in [-0.15, -0.1) is 0 Å². The minimum absolute atomic E-state index is 0.214. The largest absolute Gasteiger partial charge is 0.507 e. The van der Waals surface area contributed by atoms with Gasteiger partial charge in [-0.25, -0.2) is 4.79 Å². The van der Waals surface area contributed by atoms with E-state index in [1.807, 2.05) is 0 Å². The van der Waals surface area contributed by atoms with Gasteiger partial charge in [-0.1, -0.05) is 42.5 Å². The molecule has 0 saturated carbocycles. The van der Waals surface area contributed by atoms with Crippen molar-refractivity contribution < 1.29 is 19.8 Å². The van der Waals surface area contributed by atoms with Crippen molar-refractivity contribution in [2.45, 2.75) is 0 Å². The zero-order chi connectivity index (χ0) is 16.4. The first-order chi connectivity index (χ1) is 11.1. The number of fused-ring (bicyclic) bond motifs is 1. The monoisotopic (exact) mass is 307 g/mol. The second-order valence-electron chi connectivity index (χ2n) is 4.99. The Balaban J connectivity index is 2.16. The highest BCUT2D eigenvalue weighted by molar-refractivity contribution is 6.18. The molecule has 1 amide bonds. The number of carbonyl (C=O) groups excluding carboxylic acids is 1. The van der Waals surface area contributed by atoms with Crippen molar-refractivity contribution >= 4 is 28.3 Å². The van der Waals surface area contributed by atoms with Crippen LogP contribution in [-0.4, -0.2) is 22.1 Å². The number of aromatic hydroxyl groups is 1. The number of carboxylic acids is 1. The van der Waals surface area contributed by atoms with Crippen LogP contribution in [0.4, 0.5) is 5.69 Å². The summed E-state index contributed by atoms with van der Waals surface area (Å²) in [4.78, 5) is 24.1. The van der Waals surface area contributed by atoms with Crippen LogP contribution < -0.4 is 5.32 Å². The van der Waals surface area contributed by atoms with Crippen LogP contribution in [0.3, 0.4) is 0 Å². The third-order valence-corrected chi connectivity index (χ3v) is 3.50. The fourth-order valence-electron chi connectivity index (χ4n) is 2.50. The number of aromatic carboxylic acids is 1. The van der Waals surface area contributed by atoms with Crippen molar-refractivity contribution in [3.8, 4) is 5.75 Å². The molecule has 3 rings (SSSR count). The first-order valence-corrected chi connectivity index (χ1v) is 6.92. The molecular formula is C18H13NO4. The summed E-state index contributed by atoms with van der Waals surface area (Å²) >= 11 is 0. The van der Waals surface area contributed by atoms with Crippen LogP contribution in [0.2, 0.25) is 0 Å². The molecule has 0 heterocycles. The molecule has 23 heavy (non-hydrogen) atoms. The van der Waals surface area contributed by atoms with Crippen molar-refractivity contribution in [1.82, 2.24) is 0 Å². The molecule has 114 valence electrons. The second kappa shape index (κ2) is 5.81. The predicted octanol–water partition coefficient (Wildman–Crippen LogP) is 3.50. The van der Waals surface area contributed by atoms with E-state index in [4.69, 9.17) is 0 Å². The smallest absolute Gasteiger partial charge is 0.337 e. The van der Waals surface area contributed by atoms with Crippen LogP contribution in [-0.2, 0) is 0 Å². The van der Waals surface area contributed by atoms with Crippen molar-refractivity contribution in [3.63, 3.8) is 0 Å². The number of benzene rings is 3. The minimum atomic E-state index is -1.27. The van der Waals surface area contributed by atoms with E-state index in [2.05, 4.69) is 5.32 Å². The Kier molecular flexibility index (Phi) is 3.68. The van der Waals surface area contributed by atoms with Gasteiger partial charge in [-0.2, -0.15) is 0 Å². The quantitative estimate of drug-likeness (QED) is 0.691. The van der Waals surface area contributed by atoms with Gasteiger partial charge in [0.15, 0.2) is 0 Å². The molecule has 0 aliphatic rings. The third-order valence-electron chi connectivity index (χ3n) is 3.50. The van der Waals surface area contributed by atoms with E-state index in [0.29, 0.717) is 16.5 Å². The summed E-state index contributed by atoms with van der Waals surface area (Å²) < 4.78 is 0. The molecule has 3 aromatic rings. The first kappa shape index (κ1) is 14.6. The SMILES string of the molecule is O=C(Nc1ccccc1)c1c(O)cc2ccccc2c1C(=O)O. The molecule has 0 atom stereocenters. The highest BCUT2D eigenvalue weighted by atomic mass is 16.4. The van der Waals surface area contributed by atoms with Gasteiger partial charge >= 0.3 is 5.97 Å². The molecule has 0 aliphatic heterocycles. The van der Waals surface area contributed by atoms with E-state index in [1.54, 1.807) is 54.6 Å². The van der Waals surface area contributed by atoms with Gasteiger partial charge in [0, 0.05) is 5.69 Å². The standard InChI is InChI=1S/C18H13NO4/c20-14-10-11-6-4-5-9-13(11)15(18(22)23)16(14)17(21)19-12-7-2-1-3-8-12/h1-10,20H,(H,19,21)(H,22,23). The van der Waals surface area contributed by atoms with Crippen LogP contribution in [0.5, 0.6) is 5.75 Å². The number of phenolic OH excluding ortho intramolecular Hbond substituents is 1. The molecule has 0 aliphatic carbocycles. The molecule has 0 saturated heterocycles. The topological polar surface area (TPSA) is 86.6 Å². The summed E-state index contributed by atoms with van der Waals surface area (Å²) in [7, 11) is 0. The number of hydrogen-bond donors (Lipinski definition) is 3. The Morgan fingerprint density at radius 3 is 2.22 bits per heavy atom. The van der Waals surface area contributed by atoms with Crippen molar-refractivity contribution in [2.75, 3.05) is 5.32 Å². The van der Waals surface area contributed by atoms with Gasteiger partial charge in [0.05, 0.1) is 11.1 Å². The van der Waals surface area contributed by atoms with Crippen LogP contribution in [0.1, 0.15) is 20.7 Å². The number of nitrogens with one attached hydrogen (secondary N) is 1. The number of carboxylic acid groups (broad SMARTS) is 1. The highest BCUT2D eigenvalue weighted by Crippen LogP contribution is 2.31. The number of phenols is 1. The molecule has 0 spiro atoms. The summed E-state index contributed by atoms with van der Waals surface area (Å²) in [5.41, 5.74) is 0.0514. The molecule has 5 nitrogen and oxygen atoms in total. The lowest BCUT2D eigenvalue weighted by Crippen LogP contribution is -2.17. The summed E-state index contributed by atoms with van der Waals surface area (Å²) in [6.07, 6.45) is 0. The second-order valence-corrected chi connectivity index (χ2v) is 4.99. The lowest BCUT2D eigenvalue weighted by Gasteiger charge is -2.12. The van der Waals surface area contributed by atoms with E-state index < -0.39 is 11.9 Å². The average molecular weight is 307 g/mol. The van der Waals surface area contributed by atoms with Crippen LogP contribution in [0.25, 0.3) is 10.8 Å². The highest BCUT2D eigenvalue weighted by Gasteiger charge is 2.24. The Morgan fingerprint density at radius 1 is 0.870 bits per heavy atom. The van der Waals surface area contributed by atoms with Gasteiger partial charge in [-0.05, 0) is 29.0 Å². The third kappa shape index (κ3) is 2.72. The Morgan fingerprint density at radius 2 is 1.52 bits per heavy atom. The van der Waals surface area contributed by atoms with E-state index in [-0.39, 0.29) is 16.9 Å². The molecule has 0 unspecified atom stereocenters. The van der Waals surface area contributed by atoms with Crippen LogP contribution in [0.15, 0.2) is 60.7 Å². The van der Waals surface area contributed by atoms with E-state index in [0.717, 1.165) is 0 Å². The zero-order valence-corrected chi connectivity index (χ0v) is 12.0. The number of carbonyl (C=O) groups is 2. The fourth-order valence-corrected chi connectivity index (χ4v) is 2.50. The first-order valence-electron chi connectivity index (χ1n) is 6.92. The molecule has 3 aromatic carbocycles. The molecule has 5 heteroatoms. The fraction of sp³-hybridized carbons (Fsp3) is 0. The van der Waals surface area contributed by atoms with E-state index in [1.165, 1.54) is 6.07 Å². The van der Waals surface area contributed by atoms with E-state index >= 15 is 0 Å². The van der Waals surface area contributed by atoms with E-state index in [9.17, 15) is 19.8 Å². The summed E-state index contributed by atoms with van der Waals surface area (Å²) in [5.74, 6) is -2.30. The maximum Gasteiger partial charge on any atom is 0.337 e. The van der Waals surface area contributed by atoms with Crippen LogP contribution in [0, 0.1) is 0 Å². The summed E-state index contributed by atoms with van der Waals surface area (Å²) in [5, 5.41) is 23.2. The van der Waals surface area contributed by atoms with Crippen molar-refractivity contribution in [3.05, 3.63) is 71.8 Å². The molecule has 0 bridgehead atoms. The zero-order valence-electron chi connectivity index (χ0n) is 12.0. The number of hydrogen-bond acceptors (Lipinski definition) is 3. The molecule has 3 N–H and O–H groups in total. The number of para-hydroxylation sites is 1. The lowest BCUT2D eigenvalue weighted by atomic mass is 9.97. The van der Waals surface area contributed by atoms with Gasteiger partial charge in [-0.3, -0.25) is 4.79 Å². The molecule has 0 aromatic heterocycles. The average Bonchev–Trinajstić information content (AvgIpc) is 2.54. The summed E-state index contributed by atoms with van der Waals surface area (Å²) in [6, 6.07) is 16.7. The Hall–Kier alpha value is -3.34. The number of rotatable bonds is 3. The summed E-state index contributed by atoms with van der Waals surface area (Å²) in [6.45, 7) is 0. The van der Waals surface area contributed by atoms with Gasteiger partial charge in [0.1, 0.15) is 5.75 Å². The Bertz CT molecular complexity index is 904. The molecule has 0 fully saturated rings. The van der Waals surface area contributed by atoms with Crippen molar-refractivity contribution in [1.29, 1.82) is 0 Å². The van der Waals surface area contributed by atoms with Gasteiger partial charge in [0.25, 0.3) is 5.91 Å². The minimum Gasteiger partial charge on any atom is -0.507 e. The molecule has 0 radical (unpaired) electrons. The maximum absolute atomic E-state index is 12.5. The van der Waals surface area contributed by atoms with Gasteiger partial charge < -0.3 is 15.5 Å². The lowest BCUT2D eigenvalue weighted by molar-refractivity contribution is 0.0694. The Labute approximate surface area is 131 Å². The number of amides is 1. The predicted molar refractivity (Wildman–Crippen MR) is 87.0 cm³/mol. The number of anilines is 1. The van der Waals surface area contributed by atoms with Crippen molar-refractivity contribution in [2.24, 2.45) is 0 Å². The normalized spacial score (nSPS) is 10.4. The van der Waals surface area contributed by atoms with Gasteiger partial charge in [0.2, 0.25) is 0 Å². The van der Waals surface area contributed by atoms with Crippen LogP contribution >= 0.6 is 0 Å².